The van der Waals surface area contributed by atoms with E-state index in [1.54, 1.807) is 0 Å². The van der Waals surface area contributed by atoms with E-state index in [2.05, 4.69) is 75.4 Å². The highest BCUT2D eigenvalue weighted by Gasteiger charge is 2.16. The summed E-state index contributed by atoms with van der Waals surface area (Å²) in [5, 5.41) is 0. The smallest absolute Gasteiger partial charge is 0.0410 e. The van der Waals surface area contributed by atoms with Crippen LogP contribution >= 0.6 is 0 Å². The molecule has 0 unspecified atom stereocenters. The molecule has 0 aromatic heterocycles. The fourth-order valence-electron chi connectivity index (χ4n) is 3.49. The highest BCUT2D eigenvalue weighted by molar-refractivity contribution is 5.62. The van der Waals surface area contributed by atoms with E-state index in [1.807, 2.05) is 0 Å². The van der Waals surface area contributed by atoms with Crippen molar-refractivity contribution >= 4 is 11.4 Å². The third kappa shape index (κ3) is 5.30. The maximum atomic E-state index is 5.66. The van der Waals surface area contributed by atoms with Gasteiger partial charge in [-0.15, -0.1) is 0 Å². The van der Waals surface area contributed by atoms with E-state index in [-0.39, 0.29) is 0 Å². The fourth-order valence-corrected chi connectivity index (χ4v) is 3.49. The summed E-state index contributed by atoms with van der Waals surface area (Å²) in [4.78, 5) is 7.47. The highest BCUT2D eigenvalue weighted by atomic mass is 15.3. The summed E-state index contributed by atoms with van der Waals surface area (Å²) in [6.45, 7) is 8.63. The van der Waals surface area contributed by atoms with Crippen LogP contribution in [0.1, 0.15) is 6.42 Å². The lowest BCUT2D eigenvalue weighted by atomic mass is 10.2. The zero-order valence-electron chi connectivity index (χ0n) is 15.1. The van der Waals surface area contributed by atoms with Gasteiger partial charge in [-0.1, -0.05) is 36.4 Å². The first kappa shape index (κ1) is 17.9. The standard InChI is InChI=1S/C21H30N4/c22-12-15-24-18-16-23(17-19-24)13-7-14-25(20-8-3-1-4-9-20)21-10-5-2-6-11-21/h1-6,8-11H,7,12-19,22H2. The first-order valence-corrected chi connectivity index (χ1v) is 9.39. The summed E-state index contributed by atoms with van der Waals surface area (Å²) in [6.07, 6.45) is 1.17. The van der Waals surface area contributed by atoms with Gasteiger partial charge in [0.2, 0.25) is 0 Å². The molecule has 0 spiro atoms. The number of rotatable bonds is 8. The predicted octanol–water partition coefficient (Wildman–Crippen LogP) is 2.79. The Kier molecular flexibility index (Phi) is 6.86. The number of benzene rings is 2. The van der Waals surface area contributed by atoms with Gasteiger partial charge < -0.3 is 15.5 Å². The molecule has 2 aromatic carbocycles. The molecule has 1 aliphatic rings. The van der Waals surface area contributed by atoms with E-state index < -0.39 is 0 Å². The average molecular weight is 338 g/mol. The van der Waals surface area contributed by atoms with Gasteiger partial charge in [0.25, 0.3) is 0 Å². The molecular weight excluding hydrogens is 308 g/mol. The number of para-hydroxylation sites is 2. The van der Waals surface area contributed by atoms with E-state index in [9.17, 15) is 0 Å². The molecule has 1 saturated heterocycles. The van der Waals surface area contributed by atoms with Crippen LogP contribution in [0.3, 0.4) is 0 Å². The zero-order chi connectivity index (χ0) is 17.3. The quantitative estimate of drug-likeness (QED) is 0.803. The topological polar surface area (TPSA) is 35.7 Å². The molecule has 25 heavy (non-hydrogen) atoms. The van der Waals surface area contributed by atoms with Crippen molar-refractivity contribution in [1.82, 2.24) is 9.80 Å². The summed E-state index contributed by atoms with van der Waals surface area (Å²) in [5.41, 5.74) is 8.19. The molecule has 4 nitrogen and oxygen atoms in total. The monoisotopic (exact) mass is 338 g/mol. The summed E-state index contributed by atoms with van der Waals surface area (Å²) in [6, 6.07) is 21.4. The molecule has 2 aromatic rings. The molecule has 3 rings (SSSR count). The van der Waals surface area contributed by atoms with E-state index in [4.69, 9.17) is 5.73 Å². The van der Waals surface area contributed by atoms with Crippen molar-refractivity contribution in [3.05, 3.63) is 60.7 Å². The number of piperazine rings is 1. The van der Waals surface area contributed by atoms with Crippen LogP contribution < -0.4 is 10.6 Å². The Morgan fingerprint density at radius 2 is 1.20 bits per heavy atom. The van der Waals surface area contributed by atoms with Gasteiger partial charge in [0, 0.05) is 57.2 Å². The summed E-state index contributed by atoms with van der Waals surface area (Å²) in [5.74, 6) is 0. The molecule has 1 fully saturated rings. The van der Waals surface area contributed by atoms with Crippen LogP contribution in [0.15, 0.2) is 60.7 Å². The Hall–Kier alpha value is -1.88. The van der Waals surface area contributed by atoms with Gasteiger partial charge in [-0.05, 0) is 37.2 Å². The summed E-state index contributed by atoms with van der Waals surface area (Å²) in [7, 11) is 0. The molecule has 0 amide bonds. The van der Waals surface area contributed by atoms with Crippen molar-refractivity contribution in [3.8, 4) is 0 Å². The highest BCUT2D eigenvalue weighted by Crippen LogP contribution is 2.25. The number of nitrogens with zero attached hydrogens (tertiary/aromatic N) is 3. The number of hydrogen-bond acceptors (Lipinski definition) is 4. The molecule has 1 aliphatic heterocycles. The van der Waals surface area contributed by atoms with Crippen molar-refractivity contribution in [1.29, 1.82) is 0 Å². The van der Waals surface area contributed by atoms with Crippen LogP contribution in [0.5, 0.6) is 0 Å². The van der Waals surface area contributed by atoms with Gasteiger partial charge in [-0.3, -0.25) is 4.90 Å². The minimum atomic E-state index is 0.767. The predicted molar refractivity (Wildman–Crippen MR) is 106 cm³/mol. The van der Waals surface area contributed by atoms with Crippen LogP contribution in [0, 0.1) is 0 Å². The Morgan fingerprint density at radius 1 is 0.720 bits per heavy atom. The molecule has 0 radical (unpaired) electrons. The Balaban J connectivity index is 1.54. The fraction of sp³-hybridized carbons (Fsp3) is 0.429. The third-order valence-corrected chi connectivity index (χ3v) is 4.90. The minimum Gasteiger partial charge on any atom is -0.341 e. The maximum absolute atomic E-state index is 5.66. The molecule has 0 atom stereocenters. The first-order valence-electron chi connectivity index (χ1n) is 9.39. The molecule has 134 valence electrons. The third-order valence-electron chi connectivity index (χ3n) is 4.90. The van der Waals surface area contributed by atoms with Crippen molar-refractivity contribution < 1.29 is 0 Å². The minimum absolute atomic E-state index is 0.767. The van der Waals surface area contributed by atoms with Gasteiger partial charge in [-0.2, -0.15) is 0 Å². The Bertz CT molecular complexity index is 554. The van der Waals surface area contributed by atoms with E-state index >= 15 is 0 Å². The van der Waals surface area contributed by atoms with Gasteiger partial charge >= 0.3 is 0 Å². The normalized spacial score (nSPS) is 16.0. The molecule has 0 saturated carbocycles. The lowest BCUT2D eigenvalue weighted by molar-refractivity contribution is 0.134. The second kappa shape index (κ2) is 9.56. The summed E-state index contributed by atoms with van der Waals surface area (Å²) >= 11 is 0. The largest absolute Gasteiger partial charge is 0.341 e. The second-order valence-corrected chi connectivity index (χ2v) is 6.65. The van der Waals surface area contributed by atoms with Crippen LogP contribution in [0.4, 0.5) is 11.4 Å². The van der Waals surface area contributed by atoms with Gasteiger partial charge in [0.15, 0.2) is 0 Å². The van der Waals surface area contributed by atoms with E-state index in [1.165, 1.54) is 17.8 Å². The lowest BCUT2D eigenvalue weighted by Gasteiger charge is -2.35. The number of anilines is 2. The average Bonchev–Trinajstić information content (AvgIpc) is 2.68. The van der Waals surface area contributed by atoms with Crippen molar-refractivity contribution in [3.63, 3.8) is 0 Å². The maximum Gasteiger partial charge on any atom is 0.0410 e. The Morgan fingerprint density at radius 3 is 1.68 bits per heavy atom. The molecule has 0 bridgehead atoms. The van der Waals surface area contributed by atoms with Gasteiger partial charge in [0.1, 0.15) is 0 Å². The van der Waals surface area contributed by atoms with Crippen molar-refractivity contribution in [2.75, 3.05) is 57.3 Å². The first-order chi connectivity index (χ1) is 12.4. The zero-order valence-corrected chi connectivity index (χ0v) is 15.1. The van der Waals surface area contributed by atoms with Crippen LogP contribution in [-0.4, -0.2) is 62.2 Å². The van der Waals surface area contributed by atoms with Crippen molar-refractivity contribution in [2.45, 2.75) is 6.42 Å². The number of nitrogens with two attached hydrogens (primary N) is 1. The molecule has 4 heteroatoms. The summed E-state index contributed by atoms with van der Waals surface area (Å²) < 4.78 is 0. The second-order valence-electron chi connectivity index (χ2n) is 6.65. The van der Waals surface area contributed by atoms with Crippen LogP contribution in [0.2, 0.25) is 0 Å². The van der Waals surface area contributed by atoms with Gasteiger partial charge in [0.05, 0.1) is 0 Å². The molecule has 2 N–H and O–H groups in total. The van der Waals surface area contributed by atoms with Crippen molar-refractivity contribution in [2.24, 2.45) is 5.73 Å². The van der Waals surface area contributed by atoms with Crippen LogP contribution in [0.25, 0.3) is 0 Å². The number of hydrogen-bond donors (Lipinski definition) is 1. The lowest BCUT2D eigenvalue weighted by Crippen LogP contribution is -2.48. The molecular formula is C21H30N4. The molecule has 0 aliphatic carbocycles. The van der Waals surface area contributed by atoms with Gasteiger partial charge in [-0.25, -0.2) is 0 Å². The molecule has 1 heterocycles. The Labute approximate surface area is 151 Å². The van der Waals surface area contributed by atoms with E-state index in [0.29, 0.717) is 0 Å². The van der Waals surface area contributed by atoms with E-state index in [0.717, 1.165) is 52.4 Å². The van der Waals surface area contributed by atoms with Crippen LogP contribution in [-0.2, 0) is 0 Å². The SMILES string of the molecule is NCCN1CCN(CCCN(c2ccccc2)c2ccccc2)CC1.